The minimum Gasteiger partial charge on any atom is -0.386 e. The lowest BCUT2D eigenvalue weighted by Crippen LogP contribution is -2.43. The maximum atomic E-state index is 13.1. The molecule has 0 spiro atoms. The fourth-order valence-corrected chi connectivity index (χ4v) is 2.15. The second-order valence-corrected chi connectivity index (χ2v) is 6.08. The van der Waals surface area contributed by atoms with E-state index < -0.39 is 29.6 Å². The number of carbonyl (C=O) groups excluding carboxylic acids is 1. The zero-order valence-corrected chi connectivity index (χ0v) is 13.9. The third-order valence-electron chi connectivity index (χ3n) is 3.31. The lowest BCUT2D eigenvalue weighted by atomic mass is 10.0. The van der Waals surface area contributed by atoms with E-state index in [1.165, 1.54) is 0 Å². The summed E-state index contributed by atoms with van der Waals surface area (Å²) in [5, 5.41) is 20.2. The maximum absolute atomic E-state index is 13.1. The van der Waals surface area contributed by atoms with Crippen LogP contribution in [0.5, 0.6) is 0 Å². The first-order valence-electron chi connectivity index (χ1n) is 6.94. The summed E-state index contributed by atoms with van der Waals surface area (Å²) in [5.41, 5.74) is 7.26. The highest BCUT2D eigenvalue weighted by Gasteiger charge is 2.25. The van der Waals surface area contributed by atoms with Crippen LogP contribution in [-0.4, -0.2) is 38.8 Å². The molecule has 9 heteroatoms. The van der Waals surface area contributed by atoms with Gasteiger partial charge in [0.25, 0.3) is 5.91 Å². The first-order valence-corrected chi connectivity index (χ1v) is 7.81. The molecule has 6 nitrogen and oxygen atoms in total. The molecule has 1 aromatic carbocycles. The lowest BCUT2D eigenvalue weighted by Gasteiger charge is -2.22. The van der Waals surface area contributed by atoms with E-state index in [9.17, 15) is 14.3 Å². The molecule has 0 aliphatic heterocycles. The molecule has 1 aromatic heterocycles. The number of aliphatic hydroxyl groups excluding tert-OH is 1. The molecular weight excluding hydrogens is 358 g/mol. The predicted molar refractivity (Wildman–Crippen MR) is 90.2 cm³/mol. The first kappa shape index (κ1) is 18.4. The van der Waals surface area contributed by atoms with Gasteiger partial charge in [0.1, 0.15) is 18.6 Å². The van der Waals surface area contributed by atoms with E-state index in [2.05, 4.69) is 15.5 Å². The van der Waals surface area contributed by atoms with Gasteiger partial charge in [-0.15, -0.1) is 10.2 Å². The van der Waals surface area contributed by atoms with Gasteiger partial charge in [0, 0.05) is 5.56 Å². The van der Waals surface area contributed by atoms with Crippen molar-refractivity contribution < 1.29 is 14.3 Å². The van der Waals surface area contributed by atoms with Gasteiger partial charge in [-0.1, -0.05) is 47.5 Å². The Morgan fingerprint density at radius 2 is 1.88 bits per heavy atom. The summed E-state index contributed by atoms with van der Waals surface area (Å²) < 4.78 is 13.1. The predicted octanol–water partition coefficient (Wildman–Crippen LogP) is 2.02. The van der Waals surface area contributed by atoms with Gasteiger partial charge < -0.3 is 16.2 Å². The van der Waals surface area contributed by atoms with Gasteiger partial charge in [-0.3, -0.25) is 4.79 Å². The molecule has 0 aliphatic carbocycles. The van der Waals surface area contributed by atoms with Crippen LogP contribution in [0.2, 0.25) is 0 Å². The van der Waals surface area contributed by atoms with Crippen molar-refractivity contribution in [3.05, 3.63) is 42.0 Å². The molecular formula is C15H15Cl2FN4O2. The molecule has 0 radical (unpaired) electrons. The minimum absolute atomic E-state index is 0.309. The number of rotatable bonds is 6. The summed E-state index contributed by atoms with van der Waals surface area (Å²) in [6.07, 6.45) is -1.25. The highest BCUT2D eigenvalue weighted by atomic mass is 35.5. The van der Waals surface area contributed by atoms with Crippen LogP contribution in [0.3, 0.4) is 0 Å². The summed E-state index contributed by atoms with van der Waals surface area (Å²) in [5.74, 6) is -0.460. The monoisotopic (exact) mass is 372 g/mol. The number of nitrogens with zero attached hydrogens (tertiary/aromatic N) is 2. The molecule has 0 saturated carbocycles. The van der Waals surface area contributed by atoms with Gasteiger partial charge in [0.2, 0.25) is 0 Å². The average Bonchev–Trinajstić information content (AvgIpc) is 2.59. The van der Waals surface area contributed by atoms with Crippen molar-refractivity contribution >= 4 is 34.9 Å². The number of nitrogens with one attached hydrogen (secondary N) is 1. The van der Waals surface area contributed by atoms with E-state index in [1.807, 2.05) is 0 Å². The van der Waals surface area contributed by atoms with Crippen LogP contribution >= 0.6 is 23.2 Å². The fourth-order valence-electron chi connectivity index (χ4n) is 2.03. The largest absolute Gasteiger partial charge is 0.386 e. The van der Waals surface area contributed by atoms with Crippen LogP contribution in [0.15, 0.2) is 36.4 Å². The number of hydrogen-bond acceptors (Lipinski definition) is 5. The van der Waals surface area contributed by atoms with Crippen LogP contribution < -0.4 is 11.1 Å². The Morgan fingerprint density at radius 1 is 1.21 bits per heavy atom. The molecule has 0 saturated heterocycles. The van der Waals surface area contributed by atoms with Gasteiger partial charge in [-0.2, -0.15) is 0 Å². The van der Waals surface area contributed by atoms with Crippen LogP contribution in [0, 0.1) is 0 Å². The maximum Gasteiger partial charge on any atom is 0.253 e. The average molecular weight is 373 g/mol. The molecule has 1 heterocycles. The normalized spacial score (nSPS) is 13.5. The van der Waals surface area contributed by atoms with Crippen molar-refractivity contribution in [2.75, 3.05) is 12.4 Å². The summed E-state index contributed by atoms with van der Waals surface area (Å²) in [7, 11) is 0. The number of nitrogen functional groups attached to an aromatic ring is 1. The van der Waals surface area contributed by atoms with Crippen molar-refractivity contribution in [3.8, 4) is 11.3 Å². The van der Waals surface area contributed by atoms with E-state index in [1.54, 1.807) is 36.4 Å². The number of benzene rings is 1. The van der Waals surface area contributed by atoms with Crippen LogP contribution in [-0.2, 0) is 4.79 Å². The van der Waals surface area contributed by atoms with Crippen LogP contribution in [0.25, 0.3) is 11.3 Å². The van der Waals surface area contributed by atoms with E-state index in [0.29, 0.717) is 17.1 Å². The minimum atomic E-state index is -1.34. The zero-order chi connectivity index (χ0) is 17.7. The van der Waals surface area contributed by atoms with E-state index in [0.717, 1.165) is 5.56 Å². The third kappa shape index (κ3) is 4.53. The van der Waals surface area contributed by atoms with Crippen molar-refractivity contribution in [2.24, 2.45) is 0 Å². The number of aromatic nitrogens is 2. The highest BCUT2D eigenvalue weighted by molar-refractivity contribution is 6.53. The molecule has 24 heavy (non-hydrogen) atoms. The Bertz CT molecular complexity index is 683. The van der Waals surface area contributed by atoms with Gasteiger partial charge in [-0.05, 0) is 17.7 Å². The molecule has 0 fully saturated rings. The van der Waals surface area contributed by atoms with Crippen molar-refractivity contribution in [1.82, 2.24) is 15.5 Å². The second kappa shape index (κ2) is 8.23. The number of carbonyl (C=O) groups is 1. The number of nitrogens with two attached hydrogens (primary N) is 1. The highest BCUT2D eigenvalue weighted by Crippen LogP contribution is 2.23. The van der Waals surface area contributed by atoms with Gasteiger partial charge >= 0.3 is 0 Å². The summed E-state index contributed by atoms with van der Waals surface area (Å²) in [6.45, 7) is -0.974. The second-order valence-electron chi connectivity index (χ2n) is 4.98. The van der Waals surface area contributed by atoms with Crippen LogP contribution in [0.4, 0.5) is 10.2 Å². The SMILES string of the molecule is Nc1ccc(-c2ccc([C@@H](O)[C@@H](CF)NC(=O)C(Cl)Cl)cc2)nn1. The number of alkyl halides is 3. The van der Waals surface area contributed by atoms with Gasteiger partial charge in [0.05, 0.1) is 11.7 Å². The molecule has 2 aromatic rings. The smallest absolute Gasteiger partial charge is 0.253 e. The Balaban J connectivity index is 2.13. The standard InChI is InChI=1S/C15H15Cl2FN4O2/c16-14(17)15(24)20-11(7-18)13(23)9-3-1-8(2-4-9)10-5-6-12(19)22-21-10/h1-6,11,13-14,23H,7H2,(H2,19,22)(H,20,24)/t11-,13-/m1/s1. The third-order valence-corrected chi connectivity index (χ3v) is 3.70. The zero-order valence-electron chi connectivity index (χ0n) is 12.4. The summed E-state index contributed by atoms with van der Waals surface area (Å²) in [4.78, 5) is 10.1. The fraction of sp³-hybridized carbons (Fsp3) is 0.267. The molecule has 128 valence electrons. The molecule has 4 N–H and O–H groups in total. The quantitative estimate of drug-likeness (QED) is 0.673. The van der Waals surface area contributed by atoms with Gasteiger partial charge in [-0.25, -0.2) is 4.39 Å². The van der Waals surface area contributed by atoms with E-state index in [-0.39, 0.29) is 0 Å². The Hall–Kier alpha value is -1.96. The topological polar surface area (TPSA) is 101 Å². The number of anilines is 1. The Labute approximate surface area is 147 Å². The molecule has 2 atom stereocenters. The van der Waals surface area contributed by atoms with Crippen molar-refractivity contribution in [3.63, 3.8) is 0 Å². The molecule has 0 unspecified atom stereocenters. The van der Waals surface area contributed by atoms with Gasteiger partial charge in [0.15, 0.2) is 4.84 Å². The number of amides is 1. The molecule has 2 rings (SSSR count). The Morgan fingerprint density at radius 3 is 2.38 bits per heavy atom. The number of hydrogen-bond donors (Lipinski definition) is 3. The molecule has 1 amide bonds. The van der Waals surface area contributed by atoms with E-state index in [4.69, 9.17) is 28.9 Å². The first-order chi connectivity index (χ1) is 11.4. The van der Waals surface area contributed by atoms with Crippen LogP contribution in [0.1, 0.15) is 11.7 Å². The number of halogens is 3. The number of aliphatic hydroxyl groups is 1. The van der Waals surface area contributed by atoms with E-state index >= 15 is 0 Å². The van der Waals surface area contributed by atoms with Crippen molar-refractivity contribution in [1.29, 1.82) is 0 Å². The molecule has 0 aliphatic rings. The van der Waals surface area contributed by atoms with Crippen molar-refractivity contribution in [2.45, 2.75) is 17.0 Å². The summed E-state index contributed by atoms with van der Waals surface area (Å²) >= 11 is 10.8. The lowest BCUT2D eigenvalue weighted by molar-refractivity contribution is -0.121. The summed E-state index contributed by atoms with van der Waals surface area (Å²) in [6, 6.07) is 8.77. The molecule has 0 bridgehead atoms. The Kier molecular flexibility index (Phi) is 6.30.